The number of hydrogen-bond donors (Lipinski definition) is 0. The van der Waals surface area contributed by atoms with Crippen molar-refractivity contribution in [2.75, 3.05) is 7.11 Å². The van der Waals surface area contributed by atoms with Crippen LogP contribution in [-0.4, -0.2) is 7.11 Å². The minimum Gasteiger partial charge on any atom is -0.380 e. The second-order valence-corrected chi connectivity index (χ2v) is 2.35. The predicted molar refractivity (Wildman–Crippen MR) is 41.8 cm³/mol. The molecule has 62 valence electrons. The molecule has 0 atom stereocenters. The van der Waals surface area contributed by atoms with E-state index in [1.165, 1.54) is 13.2 Å². The predicted octanol–water partition coefficient (Wildman–Crippen LogP) is 1.84. The Bertz CT molecular complexity index is 317. The molecular weight excluding hydrogens is 157 g/mol. The van der Waals surface area contributed by atoms with E-state index < -0.39 is 5.82 Å². The topological polar surface area (TPSA) is 33.0 Å². The summed E-state index contributed by atoms with van der Waals surface area (Å²) in [4.78, 5) is 0. The Labute approximate surface area is 70.2 Å². The van der Waals surface area contributed by atoms with Crippen LogP contribution in [0.3, 0.4) is 0 Å². The van der Waals surface area contributed by atoms with Crippen LogP contribution in [0, 0.1) is 17.1 Å². The highest BCUT2D eigenvalue weighted by molar-refractivity contribution is 5.32. The lowest BCUT2D eigenvalue weighted by Crippen LogP contribution is -1.92. The first-order chi connectivity index (χ1) is 5.77. The van der Waals surface area contributed by atoms with Gasteiger partial charge in [-0.15, -0.1) is 0 Å². The zero-order valence-corrected chi connectivity index (χ0v) is 6.67. The third-order valence-electron chi connectivity index (χ3n) is 1.48. The van der Waals surface area contributed by atoms with Gasteiger partial charge < -0.3 is 4.74 Å². The van der Waals surface area contributed by atoms with Gasteiger partial charge in [-0.25, -0.2) is 4.39 Å². The van der Waals surface area contributed by atoms with Gasteiger partial charge in [-0.2, -0.15) is 5.26 Å². The van der Waals surface area contributed by atoms with Crippen LogP contribution in [0.25, 0.3) is 0 Å². The molecule has 0 aliphatic carbocycles. The van der Waals surface area contributed by atoms with Crippen molar-refractivity contribution in [1.29, 1.82) is 5.26 Å². The van der Waals surface area contributed by atoms with E-state index in [2.05, 4.69) is 0 Å². The molecule has 0 radical (unpaired) electrons. The minimum atomic E-state index is -0.393. The molecule has 1 aromatic carbocycles. The van der Waals surface area contributed by atoms with Gasteiger partial charge in [0, 0.05) is 12.7 Å². The van der Waals surface area contributed by atoms with Crippen molar-refractivity contribution in [3.05, 3.63) is 35.1 Å². The summed E-state index contributed by atoms with van der Waals surface area (Å²) in [6.07, 6.45) is 0. The Morgan fingerprint density at radius 1 is 1.58 bits per heavy atom. The van der Waals surface area contributed by atoms with Gasteiger partial charge in [0.2, 0.25) is 0 Å². The molecule has 12 heavy (non-hydrogen) atoms. The molecule has 0 aliphatic heterocycles. The molecule has 0 unspecified atom stereocenters. The molecule has 0 aliphatic rings. The molecule has 1 aromatic rings. The molecule has 0 amide bonds. The molecule has 0 heterocycles. The van der Waals surface area contributed by atoms with E-state index in [9.17, 15) is 4.39 Å². The lowest BCUT2D eigenvalue weighted by Gasteiger charge is -2.00. The highest BCUT2D eigenvalue weighted by atomic mass is 19.1. The standard InChI is InChI=1S/C9H8FNO/c1-12-6-8-3-2-7(5-11)4-9(8)10/h2-4H,6H2,1H3. The molecule has 2 nitrogen and oxygen atoms in total. The fraction of sp³-hybridized carbons (Fsp3) is 0.222. The number of ether oxygens (including phenoxy) is 1. The lowest BCUT2D eigenvalue weighted by molar-refractivity contribution is 0.181. The van der Waals surface area contributed by atoms with E-state index in [0.29, 0.717) is 11.1 Å². The second-order valence-electron chi connectivity index (χ2n) is 2.35. The van der Waals surface area contributed by atoms with Gasteiger partial charge in [0.05, 0.1) is 18.2 Å². The molecular formula is C9H8FNO. The minimum absolute atomic E-state index is 0.234. The van der Waals surface area contributed by atoms with Crippen molar-refractivity contribution in [2.45, 2.75) is 6.61 Å². The first-order valence-electron chi connectivity index (χ1n) is 3.45. The van der Waals surface area contributed by atoms with Crippen LogP contribution in [0.4, 0.5) is 4.39 Å². The summed E-state index contributed by atoms with van der Waals surface area (Å²) in [6, 6.07) is 6.18. The summed E-state index contributed by atoms with van der Waals surface area (Å²) >= 11 is 0. The van der Waals surface area contributed by atoms with E-state index in [1.54, 1.807) is 12.1 Å². The zero-order chi connectivity index (χ0) is 8.97. The van der Waals surface area contributed by atoms with Gasteiger partial charge in [0.15, 0.2) is 0 Å². The van der Waals surface area contributed by atoms with Crippen LogP contribution in [0.5, 0.6) is 0 Å². The first kappa shape index (κ1) is 8.69. The van der Waals surface area contributed by atoms with Crippen LogP contribution in [0.2, 0.25) is 0 Å². The van der Waals surface area contributed by atoms with Crippen molar-refractivity contribution in [3.8, 4) is 6.07 Å². The van der Waals surface area contributed by atoms with Gasteiger partial charge in [-0.3, -0.25) is 0 Å². The number of methoxy groups -OCH3 is 1. The van der Waals surface area contributed by atoms with E-state index in [0.717, 1.165) is 0 Å². The fourth-order valence-corrected chi connectivity index (χ4v) is 0.889. The van der Waals surface area contributed by atoms with Crippen LogP contribution in [0.15, 0.2) is 18.2 Å². The van der Waals surface area contributed by atoms with Crippen molar-refractivity contribution >= 4 is 0 Å². The average Bonchev–Trinajstić information content (AvgIpc) is 2.09. The monoisotopic (exact) mass is 165 g/mol. The quantitative estimate of drug-likeness (QED) is 0.669. The number of nitrogens with zero attached hydrogens (tertiary/aromatic N) is 1. The lowest BCUT2D eigenvalue weighted by atomic mass is 10.1. The van der Waals surface area contributed by atoms with Crippen molar-refractivity contribution in [1.82, 2.24) is 0 Å². The molecule has 0 spiro atoms. The molecule has 0 N–H and O–H groups in total. The van der Waals surface area contributed by atoms with Gasteiger partial charge in [0.25, 0.3) is 0 Å². The SMILES string of the molecule is COCc1ccc(C#N)cc1F. The van der Waals surface area contributed by atoms with Crippen LogP contribution >= 0.6 is 0 Å². The Morgan fingerprint density at radius 2 is 2.33 bits per heavy atom. The highest BCUT2D eigenvalue weighted by Gasteiger charge is 2.01. The van der Waals surface area contributed by atoms with Crippen molar-refractivity contribution < 1.29 is 9.13 Å². The number of rotatable bonds is 2. The number of benzene rings is 1. The number of halogens is 1. The van der Waals surface area contributed by atoms with Crippen LogP contribution < -0.4 is 0 Å². The maximum atomic E-state index is 13.0. The Kier molecular flexibility index (Phi) is 2.78. The first-order valence-corrected chi connectivity index (χ1v) is 3.45. The summed E-state index contributed by atoms with van der Waals surface area (Å²) in [7, 11) is 1.50. The Morgan fingerprint density at radius 3 is 2.83 bits per heavy atom. The molecule has 0 saturated carbocycles. The van der Waals surface area contributed by atoms with Gasteiger partial charge in [0.1, 0.15) is 5.82 Å². The summed E-state index contributed by atoms with van der Waals surface area (Å²) in [5.74, 6) is -0.393. The summed E-state index contributed by atoms with van der Waals surface area (Å²) in [5, 5.41) is 8.43. The van der Waals surface area contributed by atoms with Crippen LogP contribution in [0.1, 0.15) is 11.1 Å². The third-order valence-corrected chi connectivity index (χ3v) is 1.48. The van der Waals surface area contributed by atoms with Crippen molar-refractivity contribution in [2.24, 2.45) is 0 Å². The number of hydrogen-bond acceptors (Lipinski definition) is 2. The summed E-state index contributed by atoms with van der Waals surface area (Å²) < 4.78 is 17.8. The van der Waals surface area contributed by atoms with E-state index in [1.807, 2.05) is 6.07 Å². The van der Waals surface area contributed by atoms with Gasteiger partial charge in [-0.05, 0) is 12.1 Å². The summed E-state index contributed by atoms with van der Waals surface area (Å²) in [5.41, 5.74) is 0.795. The summed E-state index contributed by atoms with van der Waals surface area (Å²) in [6.45, 7) is 0.234. The number of nitriles is 1. The fourth-order valence-electron chi connectivity index (χ4n) is 0.889. The zero-order valence-electron chi connectivity index (χ0n) is 6.67. The van der Waals surface area contributed by atoms with Crippen LogP contribution in [-0.2, 0) is 11.3 Å². The maximum Gasteiger partial charge on any atom is 0.130 e. The molecule has 3 heteroatoms. The maximum absolute atomic E-state index is 13.0. The molecule has 0 fully saturated rings. The molecule has 0 bridgehead atoms. The average molecular weight is 165 g/mol. The van der Waals surface area contributed by atoms with Crippen molar-refractivity contribution in [3.63, 3.8) is 0 Å². The van der Waals surface area contributed by atoms with Gasteiger partial charge in [-0.1, -0.05) is 6.07 Å². The highest BCUT2D eigenvalue weighted by Crippen LogP contribution is 2.10. The van der Waals surface area contributed by atoms with E-state index in [-0.39, 0.29) is 6.61 Å². The Balaban J connectivity index is 2.97. The van der Waals surface area contributed by atoms with E-state index >= 15 is 0 Å². The van der Waals surface area contributed by atoms with Gasteiger partial charge >= 0.3 is 0 Å². The normalized spacial score (nSPS) is 9.42. The van der Waals surface area contributed by atoms with E-state index in [4.69, 9.17) is 10.00 Å². The molecule has 1 rings (SSSR count). The molecule has 0 saturated heterocycles. The smallest absolute Gasteiger partial charge is 0.130 e. The largest absolute Gasteiger partial charge is 0.380 e. The second kappa shape index (κ2) is 3.84. The Hall–Kier alpha value is -1.40. The third kappa shape index (κ3) is 1.80. The molecule has 0 aromatic heterocycles.